The number of ketones is 1. The summed E-state index contributed by atoms with van der Waals surface area (Å²) >= 11 is 0. The molecule has 100 valence electrons. The molecule has 0 saturated heterocycles. The van der Waals surface area contributed by atoms with Gasteiger partial charge in [0.25, 0.3) is 0 Å². The van der Waals surface area contributed by atoms with Gasteiger partial charge < -0.3 is 5.32 Å². The summed E-state index contributed by atoms with van der Waals surface area (Å²) in [5.74, 6) is -0.437. The molecule has 2 aromatic carbocycles. The third-order valence-corrected chi connectivity index (χ3v) is 3.72. The molecule has 1 aliphatic carbocycles. The minimum Gasteiger partial charge on any atom is -0.326 e. The summed E-state index contributed by atoms with van der Waals surface area (Å²) in [6, 6.07) is 14.9. The number of rotatable bonds is 2. The highest BCUT2D eigenvalue weighted by atomic mass is 16.2. The van der Waals surface area contributed by atoms with Crippen LogP contribution >= 0.6 is 0 Å². The second-order valence-electron chi connectivity index (χ2n) is 5.07. The zero-order valence-electron chi connectivity index (χ0n) is 11.2. The Kier molecular flexibility index (Phi) is 3.11. The van der Waals surface area contributed by atoms with Crippen LogP contribution in [0.25, 0.3) is 0 Å². The maximum absolute atomic E-state index is 12.4. The number of carbonyl (C=O) groups excluding carboxylic acids is 2. The highest BCUT2D eigenvalue weighted by molar-refractivity contribution is 6.09. The molecule has 3 rings (SSSR count). The van der Waals surface area contributed by atoms with E-state index < -0.39 is 0 Å². The predicted octanol–water partition coefficient (Wildman–Crippen LogP) is 3.30. The standard InChI is InChI=1S/C17H15NO2/c1-11-6-5-9-13-15(19)10-14(16(11)13)17(20)18-12-7-3-2-4-8-12/h2-9,14H,10H2,1H3,(H,18,20). The number of aryl methyl sites for hydroxylation is 1. The lowest BCUT2D eigenvalue weighted by Gasteiger charge is -2.13. The van der Waals surface area contributed by atoms with Gasteiger partial charge in [-0.2, -0.15) is 0 Å². The van der Waals surface area contributed by atoms with Crippen LogP contribution in [0.5, 0.6) is 0 Å². The first-order valence-electron chi connectivity index (χ1n) is 6.65. The molecule has 1 aliphatic rings. The van der Waals surface area contributed by atoms with E-state index in [1.165, 1.54) is 0 Å². The number of nitrogens with one attached hydrogen (secondary N) is 1. The van der Waals surface area contributed by atoms with Gasteiger partial charge in [-0.1, -0.05) is 36.4 Å². The molecule has 0 spiro atoms. The van der Waals surface area contributed by atoms with Gasteiger partial charge in [-0.25, -0.2) is 0 Å². The van der Waals surface area contributed by atoms with Crippen LogP contribution in [0, 0.1) is 6.92 Å². The molecule has 1 unspecified atom stereocenters. The van der Waals surface area contributed by atoms with Crippen LogP contribution in [0.3, 0.4) is 0 Å². The van der Waals surface area contributed by atoms with E-state index in [-0.39, 0.29) is 24.0 Å². The van der Waals surface area contributed by atoms with Crippen LogP contribution in [0.4, 0.5) is 5.69 Å². The summed E-state index contributed by atoms with van der Waals surface area (Å²) in [7, 11) is 0. The second kappa shape index (κ2) is 4.93. The molecule has 0 saturated carbocycles. The third kappa shape index (κ3) is 2.11. The van der Waals surface area contributed by atoms with E-state index in [0.29, 0.717) is 5.56 Å². The van der Waals surface area contributed by atoms with Crippen molar-refractivity contribution in [1.82, 2.24) is 0 Å². The van der Waals surface area contributed by atoms with Gasteiger partial charge in [-0.15, -0.1) is 0 Å². The van der Waals surface area contributed by atoms with Crippen molar-refractivity contribution >= 4 is 17.4 Å². The second-order valence-corrected chi connectivity index (χ2v) is 5.07. The first-order chi connectivity index (χ1) is 9.66. The van der Waals surface area contributed by atoms with E-state index in [0.717, 1.165) is 16.8 Å². The Bertz CT molecular complexity index is 677. The van der Waals surface area contributed by atoms with Crippen molar-refractivity contribution in [2.75, 3.05) is 5.32 Å². The largest absolute Gasteiger partial charge is 0.326 e. The zero-order valence-corrected chi connectivity index (χ0v) is 11.2. The minimum absolute atomic E-state index is 0.0527. The Morgan fingerprint density at radius 1 is 1.10 bits per heavy atom. The monoisotopic (exact) mass is 265 g/mol. The molecule has 0 heterocycles. The van der Waals surface area contributed by atoms with Crippen LogP contribution in [0.1, 0.15) is 33.8 Å². The molecule has 1 amide bonds. The molecular weight excluding hydrogens is 250 g/mol. The number of para-hydroxylation sites is 1. The number of benzene rings is 2. The van der Waals surface area contributed by atoms with Crippen molar-refractivity contribution in [1.29, 1.82) is 0 Å². The molecule has 0 radical (unpaired) electrons. The normalized spacial score (nSPS) is 16.9. The number of fused-ring (bicyclic) bond motifs is 1. The van der Waals surface area contributed by atoms with Crippen molar-refractivity contribution in [3.63, 3.8) is 0 Å². The van der Waals surface area contributed by atoms with Gasteiger partial charge in [-0.3, -0.25) is 9.59 Å². The first kappa shape index (κ1) is 12.6. The molecule has 20 heavy (non-hydrogen) atoms. The SMILES string of the molecule is Cc1cccc2c1C(C(=O)Nc1ccccc1)CC2=O. The molecule has 1 N–H and O–H groups in total. The molecule has 3 nitrogen and oxygen atoms in total. The Hall–Kier alpha value is -2.42. The maximum Gasteiger partial charge on any atom is 0.232 e. The van der Waals surface area contributed by atoms with Crippen molar-refractivity contribution < 1.29 is 9.59 Å². The summed E-state index contributed by atoms with van der Waals surface area (Å²) in [6.45, 7) is 1.94. The quantitative estimate of drug-likeness (QED) is 0.905. The van der Waals surface area contributed by atoms with Gasteiger partial charge >= 0.3 is 0 Å². The van der Waals surface area contributed by atoms with E-state index in [1.54, 1.807) is 6.07 Å². The Balaban J connectivity index is 1.90. The van der Waals surface area contributed by atoms with Crippen LogP contribution in [0.15, 0.2) is 48.5 Å². The number of amides is 1. The molecule has 2 aromatic rings. The Labute approximate surface area is 117 Å². The van der Waals surface area contributed by atoms with E-state index in [1.807, 2.05) is 49.4 Å². The molecule has 0 aliphatic heterocycles. The number of Topliss-reactive ketones (excluding diaryl/α,β-unsaturated/α-hetero) is 1. The number of hydrogen-bond acceptors (Lipinski definition) is 2. The third-order valence-electron chi connectivity index (χ3n) is 3.72. The van der Waals surface area contributed by atoms with Gasteiger partial charge in [0.1, 0.15) is 0 Å². The number of anilines is 1. The fourth-order valence-electron chi connectivity index (χ4n) is 2.76. The van der Waals surface area contributed by atoms with Crippen molar-refractivity contribution in [3.8, 4) is 0 Å². The highest BCUT2D eigenvalue weighted by Crippen LogP contribution is 2.36. The predicted molar refractivity (Wildman–Crippen MR) is 77.9 cm³/mol. The summed E-state index contributed by atoms with van der Waals surface area (Å²) in [4.78, 5) is 24.4. The van der Waals surface area contributed by atoms with Crippen molar-refractivity contribution in [2.45, 2.75) is 19.3 Å². The fourth-order valence-corrected chi connectivity index (χ4v) is 2.76. The van der Waals surface area contributed by atoms with Gasteiger partial charge in [0.15, 0.2) is 5.78 Å². The topological polar surface area (TPSA) is 46.2 Å². The molecular formula is C17H15NO2. The number of carbonyl (C=O) groups is 2. The zero-order chi connectivity index (χ0) is 14.1. The average Bonchev–Trinajstić information content (AvgIpc) is 2.79. The van der Waals surface area contributed by atoms with E-state index in [2.05, 4.69) is 5.32 Å². The lowest BCUT2D eigenvalue weighted by molar-refractivity contribution is -0.117. The summed E-state index contributed by atoms with van der Waals surface area (Å²) in [5, 5.41) is 2.88. The van der Waals surface area contributed by atoms with Gasteiger partial charge in [0.2, 0.25) is 5.91 Å². The van der Waals surface area contributed by atoms with Gasteiger partial charge in [0, 0.05) is 17.7 Å². The summed E-state index contributed by atoms with van der Waals surface area (Å²) in [6.07, 6.45) is 0.263. The first-order valence-corrected chi connectivity index (χ1v) is 6.65. The van der Waals surface area contributed by atoms with Gasteiger partial charge in [0.05, 0.1) is 5.92 Å². The number of hydrogen-bond donors (Lipinski definition) is 1. The van der Waals surface area contributed by atoms with Crippen LogP contribution in [0.2, 0.25) is 0 Å². The molecule has 3 heteroatoms. The minimum atomic E-state index is -0.376. The molecule has 0 fully saturated rings. The van der Waals surface area contributed by atoms with Crippen molar-refractivity contribution in [2.24, 2.45) is 0 Å². The summed E-state index contributed by atoms with van der Waals surface area (Å²) < 4.78 is 0. The Morgan fingerprint density at radius 2 is 1.85 bits per heavy atom. The fraction of sp³-hybridized carbons (Fsp3) is 0.176. The van der Waals surface area contributed by atoms with Crippen LogP contribution < -0.4 is 5.32 Å². The maximum atomic E-state index is 12.4. The van der Waals surface area contributed by atoms with E-state index in [9.17, 15) is 9.59 Å². The van der Waals surface area contributed by atoms with Crippen LogP contribution in [-0.2, 0) is 4.79 Å². The van der Waals surface area contributed by atoms with Gasteiger partial charge in [-0.05, 0) is 30.2 Å². The van der Waals surface area contributed by atoms with E-state index in [4.69, 9.17) is 0 Å². The molecule has 0 bridgehead atoms. The lowest BCUT2D eigenvalue weighted by Crippen LogP contribution is -2.20. The van der Waals surface area contributed by atoms with E-state index >= 15 is 0 Å². The highest BCUT2D eigenvalue weighted by Gasteiger charge is 2.35. The van der Waals surface area contributed by atoms with Crippen LogP contribution in [-0.4, -0.2) is 11.7 Å². The Morgan fingerprint density at radius 3 is 2.60 bits per heavy atom. The molecule has 0 aromatic heterocycles. The average molecular weight is 265 g/mol. The molecule has 1 atom stereocenters. The van der Waals surface area contributed by atoms with Crippen molar-refractivity contribution in [3.05, 3.63) is 65.2 Å². The lowest BCUT2D eigenvalue weighted by atomic mass is 9.96. The smallest absolute Gasteiger partial charge is 0.232 e. The summed E-state index contributed by atoms with van der Waals surface area (Å²) in [5.41, 5.74) is 3.33.